The molecule has 11 nitrogen and oxygen atoms in total. The number of aliphatic hydroxyl groups excluding tert-OH is 1. The molecule has 5 rings (SSSR count). The highest BCUT2D eigenvalue weighted by molar-refractivity contribution is 5.99. The van der Waals surface area contributed by atoms with Crippen molar-refractivity contribution in [1.82, 2.24) is 24.4 Å². The fourth-order valence-corrected chi connectivity index (χ4v) is 4.65. The van der Waals surface area contributed by atoms with Gasteiger partial charge in [-0.15, -0.1) is 0 Å². The summed E-state index contributed by atoms with van der Waals surface area (Å²) in [7, 11) is 0. The summed E-state index contributed by atoms with van der Waals surface area (Å²) in [6.07, 6.45) is 2.67. The zero-order valence-corrected chi connectivity index (χ0v) is 21.7. The van der Waals surface area contributed by atoms with E-state index in [2.05, 4.69) is 54.1 Å². The highest BCUT2D eigenvalue weighted by atomic mass is 16.3. The summed E-state index contributed by atoms with van der Waals surface area (Å²) in [4.78, 5) is 42.2. The minimum Gasteiger partial charge on any atom is -0.395 e. The molecule has 4 aromatic rings. The van der Waals surface area contributed by atoms with Crippen molar-refractivity contribution in [3.63, 3.8) is 0 Å². The number of hydrogen-bond acceptors (Lipinski definition) is 9. The molecule has 0 spiro atoms. The number of aliphatic hydroxyl groups is 1. The largest absolute Gasteiger partial charge is 0.395 e. The molecule has 0 aliphatic carbocycles. The van der Waals surface area contributed by atoms with Gasteiger partial charge in [-0.05, 0) is 55.5 Å². The number of nitrogens with one attached hydrogen (secondary N) is 2. The van der Waals surface area contributed by atoms with Gasteiger partial charge in [0.25, 0.3) is 5.56 Å². The van der Waals surface area contributed by atoms with Gasteiger partial charge < -0.3 is 20.6 Å². The number of β-amino-alcohol motifs (C(OH)–C–C–N with tert-alkyl or cyclic N) is 1. The SMILES string of the molecule is C=CC(=O)Nc1cccc(-n2c(C)nc(=O)c3cnc(Nc4ccc(N5CCN(CCO)CC5)cc4)nc32)c1. The summed E-state index contributed by atoms with van der Waals surface area (Å²) in [6.45, 7) is 9.77. The van der Waals surface area contributed by atoms with Gasteiger partial charge in [0.05, 0.1) is 12.3 Å². The second kappa shape index (κ2) is 11.4. The van der Waals surface area contributed by atoms with Crippen LogP contribution in [0.2, 0.25) is 0 Å². The molecular weight excluding hydrogens is 496 g/mol. The van der Waals surface area contributed by atoms with E-state index in [1.807, 2.05) is 18.2 Å². The summed E-state index contributed by atoms with van der Waals surface area (Å²) >= 11 is 0. The lowest BCUT2D eigenvalue weighted by Crippen LogP contribution is -2.47. The van der Waals surface area contributed by atoms with Crippen LogP contribution in [0.4, 0.5) is 23.0 Å². The van der Waals surface area contributed by atoms with E-state index in [-0.39, 0.29) is 17.9 Å². The first-order chi connectivity index (χ1) is 18.9. The molecule has 11 heteroatoms. The van der Waals surface area contributed by atoms with Crippen LogP contribution in [0, 0.1) is 6.92 Å². The second-order valence-corrected chi connectivity index (χ2v) is 9.20. The van der Waals surface area contributed by atoms with Crippen molar-refractivity contribution in [2.75, 3.05) is 54.9 Å². The first-order valence-corrected chi connectivity index (χ1v) is 12.7. The van der Waals surface area contributed by atoms with Gasteiger partial charge in [-0.2, -0.15) is 9.97 Å². The number of aromatic nitrogens is 4. The lowest BCUT2D eigenvalue weighted by atomic mass is 10.2. The summed E-state index contributed by atoms with van der Waals surface area (Å²) in [5, 5.41) is 15.4. The highest BCUT2D eigenvalue weighted by Crippen LogP contribution is 2.23. The van der Waals surface area contributed by atoms with E-state index in [0.29, 0.717) is 35.3 Å². The molecule has 1 aliphatic rings. The molecule has 1 aliphatic heterocycles. The van der Waals surface area contributed by atoms with Gasteiger partial charge in [-0.3, -0.25) is 19.1 Å². The third kappa shape index (κ3) is 5.79. The molecule has 3 N–H and O–H groups in total. The normalized spacial score (nSPS) is 13.8. The molecule has 39 heavy (non-hydrogen) atoms. The van der Waals surface area contributed by atoms with Crippen LogP contribution in [-0.4, -0.2) is 74.8 Å². The van der Waals surface area contributed by atoms with Crippen LogP contribution in [0.15, 0.2) is 72.2 Å². The minimum absolute atomic E-state index is 0.184. The van der Waals surface area contributed by atoms with Crippen LogP contribution < -0.4 is 21.1 Å². The molecule has 0 bridgehead atoms. The third-order valence-electron chi connectivity index (χ3n) is 6.63. The quantitative estimate of drug-likeness (QED) is 0.297. The number of hydrogen-bond donors (Lipinski definition) is 3. The fourth-order valence-electron chi connectivity index (χ4n) is 4.65. The Kier molecular flexibility index (Phi) is 7.62. The maximum atomic E-state index is 12.6. The molecule has 0 saturated carbocycles. The number of nitrogens with zero attached hydrogens (tertiary/aromatic N) is 6. The van der Waals surface area contributed by atoms with Crippen molar-refractivity contribution >= 4 is 40.0 Å². The minimum atomic E-state index is -0.412. The molecule has 1 amide bonds. The summed E-state index contributed by atoms with van der Waals surface area (Å²) in [5.74, 6) is 0.464. The van der Waals surface area contributed by atoms with Crippen LogP contribution in [0.25, 0.3) is 16.7 Å². The van der Waals surface area contributed by atoms with Crippen LogP contribution >= 0.6 is 0 Å². The van der Waals surface area contributed by atoms with E-state index in [4.69, 9.17) is 5.11 Å². The number of anilines is 4. The summed E-state index contributed by atoms with van der Waals surface area (Å²) < 4.78 is 1.76. The third-order valence-corrected chi connectivity index (χ3v) is 6.63. The number of aryl methyl sites for hydroxylation is 1. The van der Waals surface area contributed by atoms with Crippen LogP contribution in [0.1, 0.15) is 5.82 Å². The molecule has 1 saturated heterocycles. The number of rotatable bonds is 8. The number of piperazine rings is 1. The van der Waals surface area contributed by atoms with Crippen LogP contribution in [-0.2, 0) is 4.79 Å². The lowest BCUT2D eigenvalue weighted by molar-refractivity contribution is -0.111. The lowest BCUT2D eigenvalue weighted by Gasteiger charge is -2.35. The summed E-state index contributed by atoms with van der Waals surface area (Å²) in [6, 6.07) is 15.2. The van der Waals surface area contributed by atoms with Gasteiger partial charge in [0.2, 0.25) is 11.9 Å². The Hall–Kier alpha value is -4.61. The molecule has 2 aromatic carbocycles. The monoisotopic (exact) mass is 526 g/mol. The van der Waals surface area contributed by atoms with Gasteiger partial charge in [0, 0.05) is 56.0 Å². The topological polar surface area (TPSA) is 129 Å². The van der Waals surface area contributed by atoms with Crippen LogP contribution in [0.3, 0.4) is 0 Å². The molecule has 0 atom stereocenters. The fraction of sp³-hybridized carbons (Fsp3) is 0.250. The maximum Gasteiger partial charge on any atom is 0.284 e. The van der Waals surface area contributed by atoms with Gasteiger partial charge >= 0.3 is 0 Å². The Balaban J connectivity index is 1.41. The number of fused-ring (bicyclic) bond motifs is 1. The Bertz CT molecular complexity index is 1560. The molecule has 1 fully saturated rings. The maximum absolute atomic E-state index is 12.6. The van der Waals surface area contributed by atoms with Crippen molar-refractivity contribution in [2.24, 2.45) is 0 Å². The Labute approximate surface area is 225 Å². The zero-order valence-electron chi connectivity index (χ0n) is 21.7. The van der Waals surface area contributed by atoms with E-state index in [1.54, 1.807) is 29.7 Å². The predicted octanol–water partition coefficient (Wildman–Crippen LogP) is 2.47. The second-order valence-electron chi connectivity index (χ2n) is 9.20. The predicted molar refractivity (Wildman–Crippen MR) is 152 cm³/mol. The Morgan fingerprint density at radius 3 is 2.54 bits per heavy atom. The molecular formula is C28H30N8O3. The van der Waals surface area contributed by atoms with E-state index < -0.39 is 5.56 Å². The van der Waals surface area contributed by atoms with Gasteiger partial charge in [-0.1, -0.05) is 12.6 Å². The van der Waals surface area contributed by atoms with Crippen molar-refractivity contribution in [3.05, 3.63) is 83.6 Å². The molecule has 3 heterocycles. The number of carbonyl (C=O) groups is 1. The Morgan fingerprint density at radius 1 is 1.05 bits per heavy atom. The van der Waals surface area contributed by atoms with Gasteiger partial charge in [0.15, 0.2) is 5.65 Å². The average Bonchev–Trinajstić information content (AvgIpc) is 2.94. The van der Waals surface area contributed by atoms with Crippen molar-refractivity contribution < 1.29 is 9.90 Å². The number of amides is 1. The molecule has 0 radical (unpaired) electrons. The van der Waals surface area contributed by atoms with Gasteiger partial charge in [0.1, 0.15) is 11.2 Å². The molecule has 0 unspecified atom stereocenters. The van der Waals surface area contributed by atoms with E-state index in [0.717, 1.165) is 37.6 Å². The first-order valence-electron chi connectivity index (χ1n) is 12.7. The summed E-state index contributed by atoms with van der Waals surface area (Å²) in [5.41, 5.74) is 3.18. The first kappa shape index (κ1) is 26.0. The number of benzene rings is 2. The van der Waals surface area contributed by atoms with Crippen molar-refractivity contribution in [1.29, 1.82) is 0 Å². The average molecular weight is 527 g/mol. The highest BCUT2D eigenvalue weighted by Gasteiger charge is 2.17. The van der Waals surface area contributed by atoms with E-state index in [1.165, 1.54) is 12.3 Å². The van der Waals surface area contributed by atoms with Gasteiger partial charge in [-0.25, -0.2) is 4.98 Å². The van der Waals surface area contributed by atoms with Crippen molar-refractivity contribution in [2.45, 2.75) is 6.92 Å². The Morgan fingerprint density at radius 2 is 1.82 bits per heavy atom. The van der Waals surface area contributed by atoms with Crippen LogP contribution in [0.5, 0.6) is 0 Å². The van der Waals surface area contributed by atoms with E-state index in [9.17, 15) is 9.59 Å². The number of carbonyl (C=O) groups excluding carboxylic acids is 1. The molecule has 200 valence electrons. The van der Waals surface area contributed by atoms with E-state index >= 15 is 0 Å². The molecule has 2 aromatic heterocycles. The zero-order chi connectivity index (χ0) is 27.4. The van der Waals surface area contributed by atoms with Crippen molar-refractivity contribution in [3.8, 4) is 5.69 Å². The standard InChI is InChI=1S/C28H30N8O3/c1-3-25(38)31-21-5-4-6-23(17-21)36-19(2)30-27(39)24-18-29-28(33-26(24)36)32-20-7-9-22(10-8-20)35-13-11-34(12-14-35)15-16-37/h3-10,17-18,37H,1,11-16H2,2H3,(H,31,38)(H,29,32,33). The smallest absolute Gasteiger partial charge is 0.284 e.